The van der Waals surface area contributed by atoms with Crippen LogP contribution in [-0.2, 0) is 13.0 Å². The Balaban J connectivity index is 0.00000146. The molecule has 3 nitrogen and oxygen atoms in total. The lowest BCUT2D eigenvalue weighted by Gasteiger charge is -2.09. The molecule has 0 saturated carbocycles. The topological polar surface area (TPSA) is 44.3 Å². The number of rotatable bonds is 7. The molecule has 0 aliphatic rings. The quantitative estimate of drug-likeness (QED) is 0.274. The van der Waals surface area contributed by atoms with Gasteiger partial charge in [0.05, 0.1) is 5.69 Å². The van der Waals surface area contributed by atoms with Crippen LogP contribution >= 0.6 is 23.5 Å². The maximum atomic E-state index is 9.73. The predicted molar refractivity (Wildman–Crippen MR) is 117 cm³/mol. The fourth-order valence-corrected chi connectivity index (χ4v) is 3.01. The highest BCUT2D eigenvalue weighted by molar-refractivity contribution is 7.99. The lowest BCUT2D eigenvalue weighted by molar-refractivity contribution is 0.478. The first kappa shape index (κ1) is 23.8. The van der Waals surface area contributed by atoms with Crippen molar-refractivity contribution in [3.63, 3.8) is 0 Å². The number of halogens is 1. The molecule has 0 aliphatic heterocycles. The molecule has 0 saturated heterocycles. The van der Waals surface area contributed by atoms with E-state index in [1.165, 1.54) is 28.6 Å². The molecule has 0 amide bonds. The molecule has 138 valence electrons. The van der Waals surface area contributed by atoms with E-state index in [1.54, 1.807) is 6.07 Å². The largest absolute Gasteiger partial charge is 0.506 e. The second-order valence-corrected chi connectivity index (χ2v) is 6.27. The van der Waals surface area contributed by atoms with Gasteiger partial charge in [-0.3, -0.25) is 0 Å². The molecule has 0 bridgehead atoms. The summed E-state index contributed by atoms with van der Waals surface area (Å²) in [4.78, 5) is 0. The average molecular weight is 389 g/mol. The lowest BCUT2D eigenvalue weighted by Crippen LogP contribution is -2.16. The number of nitrogens with one attached hydrogen (secondary N) is 2. The van der Waals surface area contributed by atoms with Gasteiger partial charge in [-0.05, 0) is 60.8 Å². The standard InChI is InChI=1S/C17H21ClN2OS.2C2H2/c1-12-7-14(9-15(18)8-12)11-19-6-5-13-3-4-17(21)16(10-13)20-22-2;2*1-2/h3-4,7-10,19-21H,5-6,11H2,1-2H3;2*1-2H. The predicted octanol–water partition coefficient (Wildman–Crippen LogP) is 4.88. The van der Waals surface area contributed by atoms with Crippen molar-refractivity contribution in [1.82, 2.24) is 5.32 Å². The van der Waals surface area contributed by atoms with Gasteiger partial charge in [0.15, 0.2) is 0 Å². The van der Waals surface area contributed by atoms with Crippen molar-refractivity contribution in [3.05, 3.63) is 58.1 Å². The summed E-state index contributed by atoms with van der Waals surface area (Å²) < 4.78 is 3.08. The third kappa shape index (κ3) is 8.74. The van der Waals surface area contributed by atoms with Gasteiger partial charge < -0.3 is 15.1 Å². The van der Waals surface area contributed by atoms with E-state index < -0.39 is 0 Å². The van der Waals surface area contributed by atoms with E-state index in [9.17, 15) is 5.11 Å². The molecular weight excluding hydrogens is 364 g/mol. The molecule has 26 heavy (non-hydrogen) atoms. The van der Waals surface area contributed by atoms with Crippen LogP contribution in [0.25, 0.3) is 0 Å². The molecule has 0 heterocycles. The van der Waals surface area contributed by atoms with E-state index in [4.69, 9.17) is 11.6 Å². The van der Waals surface area contributed by atoms with Crippen LogP contribution in [0.15, 0.2) is 36.4 Å². The number of hydrogen-bond donors (Lipinski definition) is 3. The number of aromatic hydroxyl groups is 1. The van der Waals surface area contributed by atoms with Crippen LogP contribution < -0.4 is 10.0 Å². The fraction of sp³-hybridized carbons (Fsp3) is 0.238. The first-order valence-corrected chi connectivity index (χ1v) is 9.43. The Morgan fingerprint density at radius 3 is 2.35 bits per heavy atom. The van der Waals surface area contributed by atoms with Gasteiger partial charge in [-0.2, -0.15) is 0 Å². The molecular formula is C21H25ClN2OS. The zero-order chi connectivity index (χ0) is 19.9. The number of hydrogen-bond acceptors (Lipinski definition) is 4. The van der Waals surface area contributed by atoms with Crippen LogP contribution in [0.1, 0.15) is 16.7 Å². The Bertz CT molecular complexity index is 687. The highest BCUT2D eigenvalue weighted by Crippen LogP contribution is 2.26. The maximum Gasteiger partial charge on any atom is 0.139 e. The molecule has 0 radical (unpaired) electrons. The van der Waals surface area contributed by atoms with Gasteiger partial charge in [0, 0.05) is 17.8 Å². The van der Waals surface area contributed by atoms with Crippen molar-refractivity contribution in [1.29, 1.82) is 0 Å². The van der Waals surface area contributed by atoms with Gasteiger partial charge in [0.2, 0.25) is 0 Å². The molecule has 0 atom stereocenters. The van der Waals surface area contributed by atoms with Gasteiger partial charge in [0.1, 0.15) is 5.75 Å². The van der Waals surface area contributed by atoms with Crippen LogP contribution in [0.5, 0.6) is 5.75 Å². The Morgan fingerprint density at radius 1 is 1.04 bits per heavy atom. The third-order valence-electron chi connectivity index (χ3n) is 3.29. The maximum absolute atomic E-state index is 9.73. The molecule has 0 spiro atoms. The molecule has 2 aromatic carbocycles. The van der Waals surface area contributed by atoms with E-state index >= 15 is 0 Å². The summed E-state index contributed by atoms with van der Waals surface area (Å²) in [6, 6.07) is 11.8. The van der Waals surface area contributed by atoms with Crippen molar-refractivity contribution in [2.45, 2.75) is 19.9 Å². The molecule has 2 rings (SSSR count). The van der Waals surface area contributed by atoms with Crippen LogP contribution in [0.2, 0.25) is 5.02 Å². The second-order valence-electron chi connectivity index (χ2n) is 5.22. The molecule has 5 heteroatoms. The number of terminal acetylenes is 2. The monoisotopic (exact) mass is 388 g/mol. The molecule has 0 fully saturated rings. The van der Waals surface area contributed by atoms with E-state index in [-0.39, 0.29) is 5.75 Å². The lowest BCUT2D eigenvalue weighted by atomic mass is 10.1. The number of anilines is 1. The van der Waals surface area contributed by atoms with Crippen molar-refractivity contribution in [2.75, 3.05) is 17.5 Å². The molecule has 0 aliphatic carbocycles. The van der Waals surface area contributed by atoms with Gasteiger partial charge in [-0.1, -0.05) is 35.7 Å². The zero-order valence-corrected chi connectivity index (χ0v) is 16.7. The molecule has 0 aromatic heterocycles. The van der Waals surface area contributed by atoms with Gasteiger partial charge in [-0.15, -0.1) is 25.7 Å². The number of aryl methyl sites for hydroxylation is 1. The third-order valence-corrected chi connectivity index (χ3v) is 3.94. The molecule has 2 aromatic rings. The van der Waals surface area contributed by atoms with Crippen LogP contribution in [0.4, 0.5) is 5.69 Å². The first-order valence-electron chi connectivity index (χ1n) is 7.83. The number of phenols is 1. The van der Waals surface area contributed by atoms with E-state index in [1.807, 2.05) is 37.4 Å². The fourth-order valence-electron chi connectivity index (χ4n) is 2.31. The summed E-state index contributed by atoms with van der Waals surface area (Å²) in [5.74, 6) is 0.278. The second kappa shape index (κ2) is 14.0. The zero-order valence-electron chi connectivity index (χ0n) is 15.1. The summed E-state index contributed by atoms with van der Waals surface area (Å²) in [5, 5.41) is 13.9. The Kier molecular flexibility index (Phi) is 12.8. The van der Waals surface area contributed by atoms with Gasteiger partial charge in [0.25, 0.3) is 0 Å². The summed E-state index contributed by atoms with van der Waals surface area (Å²) in [5.41, 5.74) is 4.32. The Morgan fingerprint density at radius 2 is 1.73 bits per heavy atom. The number of phenolic OH excluding ortho intramolecular Hbond substituents is 1. The average Bonchev–Trinajstić information content (AvgIpc) is 2.64. The van der Waals surface area contributed by atoms with Crippen molar-refractivity contribution >= 4 is 29.2 Å². The first-order chi connectivity index (χ1) is 12.6. The minimum absolute atomic E-state index is 0.278. The van der Waals surface area contributed by atoms with E-state index in [2.05, 4.69) is 41.8 Å². The highest BCUT2D eigenvalue weighted by atomic mass is 35.5. The van der Waals surface area contributed by atoms with E-state index in [0.29, 0.717) is 0 Å². The van der Waals surface area contributed by atoms with Crippen LogP contribution in [0.3, 0.4) is 0 Å². The highest BCUT2D eigenvalue weighted by Gasteiger charge is 2.02. The normalized spacial score (nSPS) is 9.19. The van der Waals surface area contributed by atoms with Gasteiger partial charge in [-0.25, -0.2) is 0 Å². The number of benzene rings is 2. The van der Waals surface area contributed by atoms with Crippen molar-refractivity contribution < 1.29 is 5.11 Å². The van der Waals surface area contributed by atoms with Crippen molar-refractivity contribution in [3.8, 4) is 31.4 Å². The minimum atomic E-state index is 0.278. The summed E-state index contributed by atoms with van der Waals surface area (Å²) in [6.07, 6.45) is 18.8. The summed E-state index contributed by atoms with van der Waals surface area (Å²) >= 11 is 7.53. The van der Waals surface area contributed by atoms with Crippen molar-refractivity contribution in [2.24, 2.45) is 0 Å². The Labute approximate surface area is 166 Å². The molecule has 0 unspecified atom stereocenters. The Hall–Kier alpha value is -2.24. The van der Waals surface area contributed by atoms with Crippen LogP contribution in [0, 0.1) is 32.6 Å². The minimum Gasteiger partial charge on any atom is -0.506 e. The van der Waals surface area contributed by atoms with Crippen LogP contribution in [-0.4, -0.2) is 17.9 Å². The SMILES string of the molecule is C#C.C#C.CSNc1cc(CCNCc2cc(C)cc(Cl)c2)ccc1O. The summed E-state index contributed by atoms with van der Waals surface area (Å²) in [7, 11) is 0. The van der Waals surface area contributed by atoms with Gasteiger partial charge >= 0.3 is 0 Å². The summed E-state index contributed by atoms with van der Waals surface area (Å²) in [6.45, 7) is 3.72. The molecule has 3 N–H and O–H groups in total. The smallest absolute Gasteiger partial charge is 0.139 e. The van der Waals surface area contributed by atoms with E-state index in [0.717, 1.165) is 30.2 Å².